The van der Waals surface area contributed by atoms with Gasteiger partial charge in [-0.05, 0) is 43.2 Å². The number of amides is 2. The van der Waals surface area contributed by atoms with E-state index in [1.165, 1.54) is 5.56 Å². The Morgan fingerprint density at radius 2 is 2.15 bits per heavy atom. The van der Waals surface area contributed by atoms with Crippen molar-refractivity contribution in [1.82, 2.24) is 5.32 Å². The van der Waals surface area contributed by atoms with Gasteiger partial charge in [0.25, 0.3) is 0 Å². The van der Waals surface area contributed by atoms with Crippen molar-refractivity contribution in [1.29, 1.82) is 0 Å². The van der Waals surface area contributed by atoms with Crippen LogP contribution in [0.5, 0.6) is 0 Å². The molecule has 0 bridgehead atoms. The first kappa shape index (κ1) is 16.9. The fourth-order valence-corrected chi connectivity index (χ4v) is 2.53. The standard InChI is InChI=1S/C15H24N2O2S/c1-11(7-12(2)18)9-16-15(19)17-14-6-4-5-13(8-14)10-20-3/h4-6,8,11-12,18H,7,9-10H2,1-3H3,(H2,16,17,19)/t11-,12+/m1/s1. The fraction of sp³-hybridized carbons (Fsp3) is 0.533. The first-order valence-corrected chi connectivity index (χ1v) is 8.21. The van der Waals surface area contributed by atoms with Crippen molar-refractivity contribution in [3.8, 4) is 0 Å². The maximum absolute atomic E-state index is 11.8. The van der Waals surface area contributed by atoms with Crippen molar-refractivity contribution >= 4 is 23.5 Å². The van der Waals surface area contributed by atoms with Gasteiger partial charge in [-0.2, -0.15) is 11.8 Å². The summed E-state index contributed by atoms with van der Waals surface area (Å²) in [5.74, 6) is 1.19. The maximum Gasteiger partial charge on any atom is 0.319 e. The summed E-state index contributed by atoms with van der Waals surface area (Å²) in [6, 6.07) is 7.64. The fourth-order valence-electron chi connectivity index (χ4n) is 2.01. The monoisotopic (exact) mass is 296 g/mol. The van der Waals surface area contributed by atoms with Crippen LogP contribution in [0.3, 0.4) is 0 Å². The van der Waals surface area contributed by atoms with Crippen LogP contribution in [0.25, 0.3) is 0 Å². The topological polar surface area (TPSA) is 61.4 Å². The van der Waals surface area contributed by atoms with Crippen LogP contribution in [0.1, 0.15) is 25.8 Å². The molecule has 0 saturated carbocycles. The van der Waals surface area contributed by atoms with E-state index in [0.717, 1.165) is 11.4 Å². The zero-order valence-electron chi connectivity index (χ0n) is 12.3. The van der Waals surface area contributed by atoms with Gasteiger partial charge in [0.1, 0.15) is 0 Å². The number of aliphatic hydroxyl groups excluding tert-OH is 1. The Bertz CT molecular complexity index is 424. The molecule has 0 aliphatic carbocycles. The molecule has 0 aliphatic rings. The van der Waals surface area contributed by atoms with Gasteiger partial charge in [-0.15, -0.1) is 0 Å². The molecule has 3 N–H and O–H groups in total. The van der Waals surface area contributed by atoms with E-state index in [1.54, 1.807) is 18.7 Å². The van der Waals surface area contributed by atoms with Gasteiger partial charge in [0.15, 0.2) is 0 Å². The zero-order chi connectivity index (χ0) is 15.0. The smallest absolute Gasteiger partial charge is 0.319 e. The summed E-state index contributed by atoms with van der Waals surface area (Å²) in [4.78, 5) is 11.8. The third-order valence-electron chi connectivity index (χ3n) is 2.85. The summed E-state index contributed by atoms with van der Waals surface area (Å²) in [7, 11) is 0. The summed E-state index contributed by atoms with van der Waals surface area (Å²) in [6.07, 6.45) is 2.40. The first-order chi connectivity index (χ1) is 9.51. The zero-order valence-corrected chi connectivity index (χ0v) is 13.2. The van der Waals surface area contributed by atoms with Crippen molar-refractivity contribution in [2.75, 3.05) is 18.1 Å². The van der Waals surface area contributed by atoms with E-state index in [1.807, 2.05) is 31.2 Å². The van der Waals surface area contributed by atoms with E-state index in [9.17, 15) is 9.90 Å². The highest BCUT2D eigenvalue weighted by molar-refractivity contribution is 7.97. The highest BCUT2D eigenvalue weighted by Crippen LogP contribution is 2.14. The molecule has 0 radical (unpaired) electrons. The van der Waals surface area contributed by atoms with Crippen molar-refractivity contribution < 1.29 is 9.90 Å². The second kappa shape index (κ2) is 8.87. The number of urea groups is 1. The number of aliphatic hydroxyl groups is 1. The Labute approximate surface area is 125 Å². The molecule has 0 aliphatic heterocycles. The van der Waals surface area contributed by atoms with Crippen molar-refractivity contribution in [2.24, 2.45) is 5.92 Å². The molecule has 2 atom stereocenters. The molecule has 4 nitrogen and oxygen atoms in total. The predicted octanol–water partition coefficient (Wildman–Crippen LogP) is 3.08. The Hall–Kier alpha value is -1.20. The molecule has 0 unspecified atom stereocenters. The molecule has 0 fully saturated rings. The average Bonchev–Trinajstić information content (AvgIpc) is 2.36. The van der Waals surface area contributed by atoms with Crippen molar-refractivity contribution in [2.45, 2.75) is 32.1 Å². The Morgan fingerprint density at radius 3 is 2.80 bits per heavy atom. The van der Waals surface area contributed by atoms with E-state index in [4.69, 9.17) is 0 Å². The maximum atomic E-state index is 11.8. The van der Waals surface area contributed by atoms with Crippen LogP contribution >= 0.6 is 11.8 Å². The number of benzene rings is 1. The number of anilines is 1. The van der Waals surface area contributed by atoms with Crippen molar-refractivity contribution in [3.05, 3.63) is 29.8 Å². The number of rotatable bonds is 7. The second-order valence-electron chi connectivity index (χ2n) is 5.16. The molecule has 2 amide bonds. The lowest BCUT2D eigenvalue weighted by Gasteiger charge is -2.15. The number of hydrogen-bond donors (Lipinski definition) is 3. The lowest BCUT2D eigenvalue weighted by atomic mass is 10.1. The van der Waals surface area contributed by atoms with Gasteiger partial charge in [-0.1, -0.05) is 19.1 Å². The van der Waals surface area contributed by atoms with Gasteiger partial charge in [0, 0.05) is 18.0 Å². The predicted molar refractivity (Wildman–Crippen MR) is 86.1 cm³/mol. The largest absolute Gasteiger partial charge is 0.393 e. The minimum atomic E-state index is -0.335. The second-order valence-corrected chi connectivity index (χ2v) is 6.02. The van der Waals surface area contributed by atoms with Crippen LogP contribution in [0.4, 0.5) is 10.5 Å². The van der Waals surface area contributed by atoms with Gasteiger partial charge in [0.05, 0.1) is 6.10 Å². The van der Waals surface area contributed by atoms with E-state index in [-0.39, 0.29) is 18.1 Å². The van der Waals surface area contributed by atoms with Crippen LogP contribution in [0.2, 0.25) is 0 Å². The molecule has 0 aromatic heterocycles. The number of carbonyl (C=O) groups is 1. The van der Waals surface area contributed by atoms with Gasteiger partial charge in [-0.3, -0.25) is 0 Å². The summed E-state index contributed by atoms with van der Waals surface area (Å²) in [5.41, 5.74) is 2.00. The SMILES string of the molecule is CSCc1cccc(NC(=O)NC[C@H](C)C[C@H](C)O)c1. The molecule has 0 heterocycles. The normalized spacial score (nSPS) is 13.6. The minimum Gasteiger partial charge on any atom is -0.393 e. The highest BCUT2D eigenvalue weighted by Gasteiger charge is 2.08. The number of carbonyl (C=O) groups excluding carboxylic acids is 1. The summed E-state index contributed by atoms with van der Waals surface area (Å²) in [6.45, 7) is 4.32. The van der Waals surface area contributed by atoms with E-state index >= 15 is 0 Å². The third kappa shape index (κ3) is 6.82. The average molecular weight is 296 g/mol. The Morgan fingerprint density at radius 1 is 1.40 bits per heavy atom. The lowest BCUT2D eigenvalue weighted by molar-refractivity contribution is 0.163. The molecule has 0 spiro atoms. The van der Waals surface area contributed by atoms with E-state index in [2.05, 4.69) is 16.9 Å². The van der Waals surface area contributed by atoms with Crippen LogP contribution in [0, 0.1) is 5.92 Å². The van der Waals surface area contributed by atoms with Crippen LogP contribution in [-0.4, -0.2) is 30.0 Å². The van der Waals surface area contributed by atoms with Gasteiger partial charge in [-0.25, -0.2) is 4.79 Å². The third-order valence-corrected chi connectivity index (χ3v) is 3.47. The summed E-state index contributed by atoms with van der Waals surface area (Å²) < 4.78 is 0. The minimum absolute atomic E-state index is 0.205. The van der Waals surface area contributed by atoms with E-state index in [0.29, 0.717) is 13.0 Å². The summed E-state index contributed by atoms with van der Waals surface area (Å²) >= 11 is 1.75. The van der Waals surface area contributed by atoms with Crippen LogP contribution < -0.4 is 10.6 Å². The molecule has 0 saturated heterocycles. The Balaban J connectivity index is 2.40. The highest BCUT2D eigenvalue weighted by atomic mass is 32.2. The molecule has 1 aromatic rings. The van der Waals surface area contributed by atoms with Crippen LogP contribution in [-0.2, 0) is 5.75 Å². The van der Waals surface area contributed by atoms with E-state index < -0.39 is 0 Å². The molecule has 112 valence electrons. The molecule has 20 heavy (non-hydrogen) atoms. The molecular formula is C15H24N2O2S. The van der Waals surface area contributed by atoms with Crippen molar-refractivity contribution in [3.63, 3.8) is 0 Å². The Kier molecular flexibility index (Phi) is 7.47. The molecule has 1 rings (SSSR count). The molecule has 1 aromatic carbocycles. The van der Waals surface area contributed by atoms with Gasteiger partial charge in [0.2, 0.25) is 0 Å². The lowest BCUT2D eigenvalue weighted by Crippen LogP contribution is -2.33. The first-order valence-electron chi connectivity index (χ1n) is 6.82. The van der Waals surface area contributed by atoms with Gasteiger partial charge < -0.3 is 15.7 Å². The number of hydrogen-bond acceptors (Lipinski definition) is 3. The quantitative estimate of drug-likeness (QED) is 0.724. The summed E-state index contributed by atoms with van der Waals surface area (Å²) in [5, 5.41) is 14.9. The number of thioether (sulfide) groups is 1. The van der Waals surface area contributed by atoms with Gasteiger partial charge >= 0.3 is 6.03 Å². The molecule has 5 heteroatoms. The molecular weight excluding hydrogens is 272 g/mol. The number of nitrogens with one attached hydrogen (secondary N) is 2. The van der Waals surface area contributed by atoms with Crippen LogP contribution in [0.15, 0.2) is 24.3 Å².